The summed E-state index contributed by atoms with van der Waals surface area (Å²) in [6.45, 7) is 15.0. The molecule has 0 aromatic rings. The van der Waals surface area contributed by atoms with Crippen LogP contribution in [0.1, 0.15) is 182 Å². The van der Waals surface area contributed by atoms with Crippen LogP contribution in [0.2, 0.25) is 0 Å². The fraction of sp³-hybridized carbons (Fsp3) is 1.00. The third kappa shape index (κ3) is 30.1. The van der Waals surface area contributed by atoms with Gasteiger partial charge in [-0.3, -0.25) is 0 Å². The van der Waals surface area contributed by atoms with E-state index in [0.29, 0.717) is 0 Å². The molecule has 0 unspecified atom stereocenters. The Labute approximate surface area is 257 Å². The largest absolute Gasteiger partial charge is 0.147 e. The molecule has 0 heterocycles. The minimum Gasteiger partial charge on any atom is -0.147 e. The molecule has 0 rings (SSSR count). The number of halogens is 1. The molecule has 0 aliphatic heterocycles. The van der Waals surface area contributed by atoms with Crippen LogP contribution in [0, 0.1) is 37.5 Å². The summed E-state index contributed by atoms with van der Waals surface area (Å²) in [6.07, 6.45) is 34.6. The second-order valence-electron chi connectivity index (χ2n) is 11.1. The molecule has 0 radical (unpaired) electrons. The zero-order valence-electron chi connectivity index (χ0n) is 25.6. The van der Waals surface area contributed by atoms with E-state index in [1.54, 1.807) is 0 Å². The Hall–Kier alpha value is 1.56. The van der Waals surface area contributed by atoms with E-state index < -0.39 is 37.5 Å². The van der Waals surface area contributed by atoms with Crippen molar-refractivity contribution in [1.82, 2.24) is 1.97 Å². The van der Waals surface area contributed by atoms with Crippen molar-refractivity contribution in [3.63, 3.8) is 0 Å². The van der Waals surface area contributed by atoms with Crippen molar-refractivity contribution in [1.29, 1.82) is 0 Å². The van der Waals surface area contributed by atoms with E-state index in [2.05, 4.69) is 29.7 Å². The van der Waals surface area contributed by atoms with Crippen molar-refractivity contribution in [3.05, 3.63) is 0 Å². The Balaban J connectivity index is 0. The Morgan fingerprint density at radius 2 is 0.500 bits per heavy atom. The third-order valence-corrected chi connectivity index (χ3v) is 12.1. The quantitative estimate of drug-likeness (QED) is 0.0707. The van der Waals surface area contributed by atoms with Crippen molar-refractivity contribution < 1.29 is 37.5 Å². The Morgan fingerprint density at radius 1 is 0.306 bits per heavy atom. The van der Waals surface area contributed by atoms with Crippen LogP contribution < -0.4 is 0 Å². The van der Waals surface area contributed by atoms with Crippen molar-refractivity contribution >= 4 is 12.4 Å². The maximum atomic E-state index is 3.04. The molecule has 0 aliphatic rings. The summed E-state index contributed by atoms with van der Waals surface area (Å²) >= 11 is -0.869. The summed E-state index contributed by atoms with van der Waals surface area (Å²) in [4.78, 5) is 0. The van der Waals surface area contributed by atoms with Gasteiger partial charge in [0.05, 0.1) is 0 Å². The first-order valence-electron chi connectivity index (χ1n) is 16.5. The maximum Gasteiger partial charge on any atom is -0.147 e. The van der Waals surface area contributed by atoms with Crippen LogP contribution in [0.4, 0.5) is 0 Å². The van der Waals surface area contributed by atoms with E-state index in [4.69, 9.17) is 0 Å². The van der Waals surface area contributed by atoms with Crippen LogP contribution in [0.5, 0.6) is 0 Å². The molecular formula is C32H69ClN2Nd. The molecule has 0 aromatic carbocycles. The van der Waals surface area contributed by atoms with Gasteiger partial charge in [0.15, 0.2) is 0 Å². The number of hydrogen-bond donors (Lipinski definition) is 0. The first-order chi connectivity index (χ1) is 17.3. The molecule has 4 heteroatoms. The van der Waals surface area contributed by atoms with E-state index in [0.717, 1.165) is 0 Å². The van der Waals surface area contributed by atoms with Crippen molar-refractivity contribution in [2.75, 3.05) is 26.2 Å². The number of unbranched alkanes of at least 4 members (excludes halogenated alkanes) is 20. The van der Waals surface area contributed by atoms with Gasteiger partial charge in [-0.1, -0.05) is 0 Å². The standard InChI is InChI=1S/2C16H34N.ClH.Nd/c2*1-3-5-7-9-11-13-15-17-16-14-12-10-8-6-4-2;;/h2*3-16H2,1-2H3;1H;/q2*-1;;+2. The molecule has 0 saturated carbocycles. The molecule has 0 atom stereocenters. The minimum atomic E-state index is -0.869. The number of hydrogen-bond acceptors (Lipinski definition) is 2. The van der Waals surface area contributed by atoms with Gasteiger partial charge in [-0.25, -0.2) is 0 Å². The van der Waals surface area contributed by atoms with Crippen LogP contribution in [-0.4, -0.2) is 28.1 Å². The second kappa shape index (κ2) is 34.6. The van der Waals surface area contributed by atoms with E-state index >= 15 is 0 Å². The van der Waals surface area contributed by atoms with E-state index in [-0.39, 0.29) is 12.4 Å². The van der Waals surface area contributed by atoms with Gasteiger partial charge in [-0.15, -0.1) is 12.4 Å². The first-order valence-corrected chi connectivity index (χ1v) is 19.4. The molecule has 218 valence electrons. The smallest absolute Gasteiger partial charge is 0.147 e. The van der Waals surface area contributed by atoms with Gasteiger partial charge in [0.2, 0.25) is 0 Å². The van der Waals surface area contributed by atoms with Gasteiger partial charge in [-0.2, -0.15) is 0 Å². The number of rotatable bonds is 30. The first kappa shape index (κ1) is 39.7. The SMILES string of the molecule is CCCCCCCC[N](CCCCCCCC)[Nd][N](CCCCCCCC)CCCCCCCC.Cl. The van der Waals surface area contributed by atoms with Gasteiger partial charge in [0.1, 0.15) is 0 Å². The maximum absolute atomic E-state index is 3.04. The van der Waals surface area contributed by atoms with Gasteiger partial charge < -0.3 is 0 Å². The monoisotopic (exact) mass is 658 g/mol. The molecule has 0 saturated heterocycles. The van der Waals surface area contributed by atoms with E-state index in [1.807, 2.05) is 0 Å². The van der Waals surface area contributed by atoms with Gasteiger partial charge in [-0.05, 0) is 0 Å². The molecule has 0 spiro atoms. The predicted octanol–water partition coefficient (Wildman–Crippen LogP) is 11.4. The summed E-state index contributed by atoms with van der Waals surface area (Å²) in [6, 6.07) is 0. The molecule has 0 bridgehead atoms. The van der Waals surface area contributed by atoms with Crippen LogP contribution in [-0.2, 0) is 0 Å². The Bertz CT molecular complexity index is 317. The summed E-state index contributed by atoms with van der Waals surface area (Å²) < 4.78 is 6.07. The zero-order chi connectivity index (χ0) is 25.7. The van der Waals surface area contributed by atoms with Crippen molar-refractivity contribution in [3.8, 4) is 0 Å². The fourth-order valence-corrected chi connectivity index (χ4v) is 9.55. The normalized spacial score (nSPS) is 11.4. The summed E-state index contributed by atoms with van der Waals surface area (Å²) in [5.41, 5.74) is 0. The average Bonchev–Trinajstić information content (AvgIpc) is 2.87. The fourth-order valence-electron chi connectivity index (χ4n) is 4.96. The topological polar surface area (TPSA) is 6.48 Å². The van der Waals surface area contributed by atoms with Gasteiger partial charge in [0.25, 0.3) is 0 Å². The van der Waals surface area contributed by atoms with Crippen LogP contribution >= 0.6 is 12.4 Å². The molecule has 36 heavy (non-hydrogen) atoms. The van der Waals surface area contributed by atoms with Crippen LogP contribution in [0.3, 0.4) is 0 Å². The molecule has 0 N–H and O–H groups in total. The Kier molecular flexibility index (Phi) is 38.1. The molecule has 0 fully saturated rings. The van der Waals surface area contributed by atoms with E-state index in [1.165, 1.54) is 180 Å². The zero-order valence-corrected chi connectivity index (χ0v) is 29.6. The molecule has 0 amide bonds. The predicted molar refractivity (Wildman–Crippen MR) is 164 cm³/mol. The van der Waals surface area contributed by atoms with Crippen LogP contribution in [0.25, 0.3) is 0 Å². The van der Waals surface area contributed by atoms with Crippen molar-refractivity contribution in [2.45, 2.75) is 182 Å². The molecule has 2 nitrogen and oxygen atoms in total. The molecule has 0 aromatic heterocycles. The minimum absolute atomic E-state index is 0. The third-order valence-electron chi connectivity index (χ3n) is 7.41. The average molecular weight is 662 g/mol. The van der Waals surface area contributed by atoms with E-state index in [9.17, 15) is 0 Å². The second-order valence-corrected chi connectivity index (χ2v) is 15.8. The van der Waals surface area contributed by atoms with Gasteiger partial charge in [0, 0.05) is 0 Å². The van der Waals surface area contributed by atoms with Gasteiger partial charge >= 0.3 is 247 Å². The molecule has 0 aliphatic carbocycles. The number of nitrogens with zero attached hydrogens (tertiary/aromatic N) is 2. The summed E-state index contributed by atoms with van der Waals surface area (Å²) in [7, 11) is 0. The summed E-state index contributed by atoms with van der Waals surface area (Å²) in [5.74, 6) is 0. The van der Waals surface area contributed by atoms with Crippen LogP contribution in [0.15, 0.2) is 0 Å². The Morgan fingerprint density at radius 3 is 0.722 bits per heavy atom. The summed E-state index contributed by atoms with van der Waals surface area (Å²) in [5, 5.41) is 0. The van der Waals surface area contributed by atoms with Crippen molar-refractivity contribution in [2.24, 2.45) is 0 Å². The molecular weight excluding hydrogens is 592 g/mol.